The van der Waals surface area contributed by atoms with E-state index in [0.29, 0.717) is 37.2 Å². The standard InChI is InChI=1S/C19H25N3O4/c1-3-20-18(21-13-19(2,23)17-6-4-9-26-17)22-14-7-8-15-16(12-14)25-11-5-10-24-15/h4,6-9,12,23H,3,5,10-11,13H2,1-2H3,(H2,20,21,22). The number of nitrogens with one attached hydrogen (secondary N) is 2. The first-order valence-corrected chi connectivity index (χ1v) is 8.80. The van der Waals surface area contributed by atoms with Crippen molar-refractivity contribution in [3.8, 4) is 11.5 Å². The van der Waals surface area contributed by atoms with Gasteiger partial charge in [0.15, 0.2) is 17.5 Å². The lowest BCUT2D eigenvalue weighted by Crippen LogP contribution is -2.33. The van der Waals surface area contributed by atoms with E-state index in [1.54, 1.807) is 19.1 Å². The highest BCUT2D eigenvalue weighted by atomic mass is 16.5. The van der Waals surface area contributed by atoms with E-state index in [2.05, 4.69) is 15.6 Å². The van der Waals surface area contributed by atoms with Crippen molar-refractivity contribution < 1.29 is 19.0 Å². The van der Waals surface area contributed by atoms with E-state index in [0.717, 1.165) is 17.9 Å². The van der Waals surface area contributed by atoms with Crippen molar-refractivity contribution in [2.75, 3.05) is 31.6 Å². The van der Waals surface area contributed by atoms with Gasteiger partial charge in [-0.05, 0) is 38.1 Å². The van der Waals surface area contributed by atoms with E-state index in [9.17, 15) is 5.11 Å². The van der Waals surface area contributed by atoms with Crippen molar-refractivity contribution in [1.82, 2.24) is 5.32 Å². The summed E-state index contributed by atoms with van der Waals surface area (Å²) < 4.78 is 16.7. The van der Waals surface area contributed by atoms with Gasteiger partial charge in [0.1, 0.15) is 11.4 Å². The van der Waals surface area contributed by atoms with E-state index in [1.807, 2.05) is 25.1 Å². The van der Waals surface area contributed by atoms with Crippen LogP contribution in [0.5, 0.6) is 11.5 Å². The van der Waals surface area contributed by atoms with E-state index < -0.39 is 5.60 Å². The van der Waals surface area contributed by atoms with Gasteiger partial charge in [0.05, 0.1) is 26.0 Å². The van der Waals surface area contributed by atoms with Crippen molar-refractivity contribution in [2.24, 2.45) is 4.99 Å². The minimum absolute atomic E-state index is 0.153. The number of ether oxygens (including phenoxy) is 2. The molecule has 0 fully saturated rings. The predicted octanol–water partition coefficient (Wildman–Crippen LogP) is 2.73. The minimum Gasteiger partial charge on any atom is -0.490 e. The molecule has 0 radical (unpaired) electrons. The number of fused-ring (bicyclic) bond motifs is 1. The molecule has 140 valence electrons. The van der Waals surface area contributed by atoms with Gasteiger partial charge >= 0.3 is 0 Å². The number of benzene rings is 1. The average Bonchev–Trinajstić information content (AvgIpc) is 3.08. The van der Waals surface area contributed by atoms with Crippen molar-refractivity contribution in [1.29, 1.82) is 0 Å². The van der Waals surface area contributed by atoms with Gasteiger partial charge in [-0.2, -0.15) is 0 Å². The second-order valence-electron chi connectivity index (χ2n) is 6.28. The Balaban J connectivity index is 1.73. The Morgan fingerprint density at radius 3 is 2.77 bits per heavy atom. The summed E-state index contributed by atoms with van der Waals surface area (Å²) in [5.74, 6) is 2.50. The molecule has 1 aliphatic rings. The zero-order valence-electron chi connectivity index (χ0n) is 15.1. The third-order valence-electron chi connectivity index (χ3n) is 3.95. The Hall–Kier alpha value is -2.67. The van der Waals surface area contributed by atoms with Crippen LogP contribution >= 0.6 is 0 Å². The monoisotopic (exact) mass is 359 g/mol. The Morgan fingerprint density at radius 1 is 1.23 bits per heavy atom. The molecular formula is C19H25N3O4. The number of guanidine groups is 1. The summed E-state index contributed by atoms with van der Waals surface area (Å²) in [6.07, 6.45) is 2.40. The van der Waals surface area contributed by atoms with Gasteiger partial charge in [-0.15, -0.1) is 0 Å². The first kappa shape index (κ1) is 18.1. The Kier molecular flexibility index (Phi) is 5.68. The molecule has 7 heteroatoms. The molecule has 3 N–H and O–H groups in total. The molecule has 26 heavy (non-hydrogen) atoms. The molecular weight excluding hydrogens is 334 g/mol. The number of hydrogen-bond donors (Lipinski definition) is 3. The van der Waals surface area contributed by atoms with Crippen LogP contribution in [-0.2, 0) is 5.60 Å². The predicted molar refractivity (Wildman–Crippen MR) is 99.9 cm³/mol. The minimum atomic E-state index is -1.18. The lowest BCUT2D eigenvalue weighted by molar-refractivity contribution is 0.0438. The second kappa shape index (κ2) is 8.14. The molecule has 3 rings (SSSR count). The first-order valence-electron chi connectivity index (χ1n) is 8.80. The van der Waals surface area contributed by atoms with Gasteiger partial charge in [-0.25, -0.2) is 4.99 Å². The SMILES string of the molecule is CCNC(=NCC(C)(O)c1ccco1)Nc1ccc2c(c1)OCCCO2. The number of furan rings is 1. The Labute approximate surface area is 153 Å². The maximum absolute atomic E-state index is 10.6. The number of nitrogens with zero attached hydrogens (tertiary/aromatic N) is 1. The molecule has 7 nitrogen and oxygen atoms in total. The van der Waals surface area contributed by atoms with Crippen LogP contribution in [0.15, 0.2) is 46.0 Å². The molecule has 1 aliphatic heterocycles. The normalized spacial score (nSPS) is 16.5. The van der Waals surface area contributed by atoms with Crippen LogP contribution in [0, 0.1) is 0 Å². The zero-order chi connectivity index (χ0) is 18.4. The van der Waals surface area contributed by atoms with Crippen LogP contribution in [0.3, 0.4) is 0 Å². The second-order valence-corrected chi connectivity index (χ2v) is 6.28. The topological polar surface area (TPSA) is 88.3 Å². The quantitative estimate of drug-likeness (QED) is 0.562. The highest BCUT2D eigenvalue weighted by molar-refractivity contribution is 5.94. The van der Waals surface area contributed by atoms with Crippen molar-refractivity contribution in [2.45, 2.75) is 25.9 Å². The van der Waals surface area contributed by atoms with Gasteiger partial charge in [0.25, 0.3) is 0 Å². The van der Waals surface area contributed by atoms with Gasteiger partial charge in [-0.1, -0.05) is 0 Å². The number of aliphatic imine (C=N–C) groups is 1. The largest absolute Gasteiger partial charge is 0.490 e. The summed E-state index contributed by atoms with van der Waals surface area (Å²) in [5.41, 5.74) is -0.358. The summed E-state index contributed by atoms with van der Waals surface area (Å²) in [6.45, 7) is 5.80. The molecule has 0 spiro atoms. The van der Waals surface area contributed by atoms with Crippen LogP contribution in [-0.4, -0.2) is 37.4 Å². The molecule has 0 aliphatic carbocycles. The fourth-order valence-electron chi connectivity index (χ4n) is 2.58. The van der Waals surface area contributed by atoms with Gasteiger partial charge in [0.2, 0.25) is 0 Å². The van der Waals surface area contributed by atoms with Gasteiger partial charge < -0.3 is 29.6 Å². The molecule has 1 aromatic heterocycles. The highest BCUT2D eigenvalue weighted by Gasteiger charge is 2.26. The first-order chi connectivity index (χ1) is 12.6. The van der Waals surface area contributed by atoms with Crippen molar-refractivity contribution in [3.63, 3.8) is 0 Å². The molecule has 2 aromatic rings. The number of anilines is 1. The van der Waals surface area contributed by atoms with Gasteiger partial charge in [0, 0.05) is 24.7 Å². The third-order valence-corrected chi connectivity index (χ3v) is 3.95. The smallest absolute Gasteiger partial charge is 0.195 e. The molecule has 1 unspecified atom stereocenters. The lowest BCUT2D eigenvalue weighted by Gasteiger charge is -2.19. The van der Waals surface area contributed by atoms with Crippen LogP contribution in [0.25, 0.3) is 0 Å². The molecule has 0 bridgehead atoms. The van der Waals surface area contributed by atoms with Crippen LogP contribution in [0.2, 0.25) is 0 Å². The molecule has 1 atom stereocenters. The van der Waals surface area contributed by atoms with Crippen molar-refractivity contribution >= 4 is 11.6 Å². The van der Waals surface area contributed by atoms with Crippen molar-refractivity contribution in [3.05, 3.63) is 42.4 Å². The Morgan fingerprint density at radius 2 is 2.04 bits per heavy atom. The summed E-state index contributed by atoms with van der Waals surface area (Å²) in [5, 5.41) is 17.0. The molecule has 0 saturated carbocycles. The van der Waals surface area contributed by atoms with Gasteiger partial charge in [-0.3, -0.25) is 0 Å². The van der Waals surface area contributed by atoms with Crippen LogP contribution in [0.4, 0.5) is 5.69 Å². The summed E-state index contributed by atoms with van der Waals surface area (Å²) >= 11 is 0. The van der Waals surface area contributed by atoms with E-state index in [1.165, 1.54) is 6.26 Å². The summed E-state index contributed by atoms with van der Waals surface area (Å²) in [6, 6.07) is 9.16. The number of hydrogen-bond acceptors (Lipinski definition) is 5. The highest BCUT2D eigenvalue weighted by Crippen LogP contribution is 2.32. The molecule has 0 amide bonds. The fourth-order valence-corrected chi connectivity index (χ4v) is 2.58. The zero-order valence-corrected chi connectivity index (χ0v) is 15.1. The van der Waals surface area contributed by atoms with E-state index in [-0.39, 0.29) is 6.54 Å². The average molecular weight is 359 g/mol. The van der Waals surface area contributed by atoms with Crippen LogP contribution < -0.4 is 20.1 Å². The van der Waals surface area contributed by atoms with E-state index in [4.69, 9.17) is 13.9 Å². The molecule has 1 aromatic carbocycles. The van der Waals surface area contributed by atoms with Crippen LogP contribution in [0.1, 0.15) is 26.0 Å². The van der Waals surface area contributed by atoms with E-state index >= 15 is 0 Å². The molecule has 2 heterocycles. The maximum Gasteiger partial charge on any atom is 0.195 e. The summed E-state index contributed by atoms with van der Waals surface area (Å²) in [4.78, 5) is 4.48. The maximum atomic E-state index is 10.6. The number of rotatable bonds is 5. The fraction of sp³-hybridized carbons (Fsp3) is 0.421. The lowest BCUT2D eigenvalue weighted by atomic mass is 10.0. The number of aliphatic hydroxyl groups is 1. The Bertz CT molecular complexity index is 741. The third kappa shape index (κ3) is 4.49. The summed E-state index contributed by atoms with van der Waals surface area (Å²) in [7, 11) is 0. The molecule has 0 saturated heterocycles.